The van der Waals surface area contributed by atoms with E-state index in [0.29, 0.717) is 6.42 Å². The van der Waals surface area contributed by atoms with E-state index in [0.717, 1.165) is 19.6 Å². The van der Waals surface area contributed by atoms with Gasteiger partial charge < -0.3 is 4.74 Å². The minimum Gasteiger partial charge on any atom is -0.370 e. The average molecular weight is 189 g/mol. The van der Waals surface area contributed by atoms with E-state index in [1.54, 1.807) is 0 Å². The third-order valence-electron chi connectivity index (χ3n) is 2.25. The van der Waals surface area contributed by atoms with Gasteiger partial charge in [0.25, 0.3) is 0 Å². The molecule has 1 saturated heterocycles. The average Bonchev–Trinajstić information content (AvgIpc) is 1.97. The highest BCUT2D eigenvalue weighted by Gasteiger charge is 2.30. The van der Waals surface area contributed by atoms with Crippen LogP contribution in [-0.2, 0) is 4.74 Å². The molecule has 13 heavy (non-hydrogen) atoms. The fourth-order valence-electron chi connectivity index (χ4n) is 2.04. The lowest BCUT2D eigenvalue weighted by atomic mass is 10.1. The molecule has 1 rings (SSSR count). The molecule has 0 aromatic carbocycles. The Bertz CT molecular complexity index is 161. The van der Waals surface area contributed by atoms with Crippen LogP contribution in [0.4, 0.5) is 4.39 Å². The van der Waals surface area contributed by atoms with Crippen molar-refractivity contribution < 1.29 is 9.13 Å². The van der Waals surface area contributed by atoms with Gasteiger partial charge in [0, 0.05) is 19.6 Å². The topological polar surface area (TPSA) is 12.5 Å². The van der Waals surface area contributed by atoms with E-state index < -0.39 is 0 Å². The van der Waals surface area contributed by atoms with Crippen molar-refractivity contribution >= 4 is 0 Å². The van der Waals surface area contributed by atoms with E-state index in [4.69, 9.17) is 4.74 Å². The molecule has 0 amide bonds. The first-order valence-corrected chi connectivity index (χ1v) is 4.99. The molecular weight excluding hydrogens is 169 g/mol. The molecule has 0 spiro atoms. The van der Waals surface area contributed by atoms with Gasteiger partial charge in [0.15, 0.2) is 0 Å². The first-order valence-electron chi connectivity index (χ1n) is 4.99. The number of hydrogen-bond donors (Lipinski definition) is 0. The Morgan fingerprint density at radius 1 is 1.54 bits per heavy atom. The van der Waals surface area contributed by atoms with Crippen LogP contribution < -0.4 is 0 Å². The zero-order valence-electron chi connectivity index (χ0n) is 8.85. The number of nitrogens with zero attached hydrogens (tertiary/aromatic N) is 1. The predicted octanol–water partition coefficient (Wildman–Crippen LogP) is 1.85. The summed E-state index contributed by atoms with van der Waals surface area (Å²) in [4.78, 5) is 2.29. The van der Waals surface area contributed by atoms with Crippen LogP contribution in [0.2, 0.25) is 0 Å². The molecule has 1 aliphatic heterocycles. The van der Waals surface area contributed by atoms with Gasteiger partial charge in [0.05, 0.1) is 18.4 Å². The Morgan fingerprint density at radius 3 is 2.77 bits per heavy atom. The summed E-state index contributed by atoms with van der Waals surface area (Å²) in [5, 5.41) is 0. The molecule has 1 fully saturated rings. The van der Waals surface area contributed by atoms with Crippen LogP contribution in [-0.4, -0.2) is 42.9 Å². The molecule has 2 nitrogen and oxygen atoms in total. The number of ether oxygens (including phenoxy) is 1. The summed E-state index contributed by atoms with van der Waals surface area (Å²) in [5.41, 5.74) is -0.0754. The first-order chi connectivity index (χ1) is 6.03. The van der Waals surface area contributed by atoms with Crippen molar-refractivity contribution in [3.8, 4) is 0 Å². The molecule has 1 aliphatic rings. The Hall–Kier alpha value is -0.150. The summed E-state index contributed by atoms with van der Waals surface area (Å²) in [6.07, 6.45) is 0.909. The van der Waals surface area contributed by atoms with E-state index in [9.17, 15) is 4.39 Å². The number of rotatable bonds is 3. The maximum Gasteiger partial charge on any atom is 0.0906 e. The highest BCUT2D eigenvalue weighted by Crippen LogP contribution is 2.20. The Morgan fingerprint density at radius 2 is 2.23 bits per heavy atom. The predicted molar refractivity (Wildman–Crippen MR) is 51.7 cm³/mol. The van der Waals surface area contributed by atoms with Gasteiger partial charge in [0.1, 0.15) is 0 Å². The first kappa shape index (κ1) is 10.9. The molecule has 78 valence electrons. The molecule has 1 atom stereocenters. The molecule has 0 radical (unpaired) electrons. The number of alkyl halides is 1. The minimum atomic E-state index is -0.216. The van der Waals surface area contributed by atoms with Crippen molar-refractivity contribution in [2.45, 2.75) is 38.9 Å². The lowest BCUT2D eigenvalue weighted by Crippen LogP contribution is -2.52. The third kappa shape index (κ3) is 3.61. The van der Waals surface area contributed by atoms with E-state index >= 15 is 0 Å². The lowest BCUT2D eigenvalue weighted by Gasteiger charge is -2.41. The van der Waals surface area contributed by atoms with Gasteiger partial charge in [-0.2, -0.15) is 0 Å². The second kappa shape index (κ2) is 4.38. The van der Waals surface area contributed by atoms with Crippen LogP contribution in [0.15, 0.2) is 0 Å². The van der Waals surface area contributed by atoms with E-state index in [1.807, 2.05) is 0 Å². The van der Waals surface area contributed by atoms with Crippen LogP contribution in [0.3, 0.4) is 0 Å². The zero-order valence-corrected chi connectivity index (χ0v) is 8.85. The van der Waals surface area contributed by atoms with Crippen LogP contribution >= 0.6 is 0 Å². The molecule has 1 heterocycles. The maximum absolute atomic E-state index is 12.0. The van der Waals surface area contributed by atoms with Gasteiger partial charge in [-0.1, -0.05) is 0 Å². The molecule has 3 heteroatoms. The summed E-state index contributed by atoms with van der Waals surface area (Å²) in [5.74, 6) is 0. The number of hydrogen-bond acceptors (Lipinski definition) is 2. The molecule has 1 unspecified atom stereocenters. The summed E-state index contributed by atoms with van der Waals surface area (Å²) in [6, 6.07) is 0. The van der Waals surface area contributed by atoms with Crippen LogP contribution in [0.5, 0.6) is 0 Å². The van der Waals surface area contributed by atoms with Gasteiger partial charge >= 0.3 is 0 Å². The number of morpholine rings is 1. The monoisotopic (exact) mass is 189 g/mol. The van der Waals surface area contributed by atoms with Crippen molar-refractivity contribution in [3.05, 3.63) is 0 Å². The summed E-state index contributed by atoms with van der Waals surface area (Å²) < 4.78 is 17.7. The van der Waals surface area contributed by atoms with Crippen molar-refractivity contribution in [1.29, 1.82) is 0 Å². The molecular formula is C10H20FNO. The highest BCUT2D eigenvalue weighted by molar-refractivity contribution is 4.82. The molecule has 0 saturated carbocycles. The molecule has 0 bridgehead atoms. The SMILES string of the molecule is CC1CN(CCCF)CC(C)(C)O1. The fraction of sp³-hybridized carbons (Fsp3) is 1.00. The van der Waals surface area contributed by atoms with Gasteiger partial charge in [-0.25, -0.2) is 0 Å². The van der Waals surface area contributed by atoms with Crippen molar-refractivity contribution in [2.24, 2.45) is 0 Å². The summed E-state index contributed by atoms with van der Waals surface area (Å²) in [6.45, 7) is 8.74. The minimum absolute atomic E-state index is 0.0754. The van der Waals surface area contributed by atoms with Gasteiger partial charge in [-0.05, 0) is 27.2 Å². The van der Waals surface area contributed by atoms with Gasteiger partial charge in [-0.15, -0.1) is 0 Å². The quantitative estimate of drug-likeness (QED) is 0.671. The molecule has 0 N–H and O–H groups in total. The van der Waals surface area contributed by atoms with Crippen molar-refractivity contribution in [3.63, 3.8) is 0 Å². The van der Waals surface area contributed by atoms with Gasteiger partial charge in [-0.3, -0.25) is 9.29 Å². The van der Waals surface area contributed by atoms with Crippen molar-refractivity contribution in [2.75, 3.05) is 26.3 Å². The van der Waals surface area contributed by atoms with Crippen LogP contribution in [0.1, 0.15) is 27.2 Å². The summed E-state index contributed by atoms with van der Waals surface area (Å²) >= 11 is 0. The fourth-order valence-corrected chi connectivity index (χ4v) is 2.04. The summed E-state index contributed by atoms with van der Waals surface area (Å²) in [7, 11) is 0. The third-order valence-corrected chi connectivity index (χ3v) is 2.25. The van der Waals surface area contributed by atoms with Crippen LogP contribution in [0, 0.1) is 0 Å². The lowest BCUT2D eigenvalue weighted by molar-refractivity contribution is -0.128. The Kier molecular flexibility index (Phi) is 3.68. The van der Waals surface area contributed by atoms with E-state index in [2.05, 4.69) is 25.7 Å². The van der Waals surface area contributed by atoms with Crippen molar-refractivity contribution in [1.82, 2.24) is 4.90 Å². The zero-order chi connectivity index (χ0) is 9.90. The molecule has 0 aromatic heterocycles. The number of halogens is 1. The molecule has 0 aromatic rings. The Balaban J connectivity index is 2.38. The van der Waals surface area contributed by atoms with Gasteiger partial charge in [0.2, 0.25) is 0 Å². The second-order valence-electron chi connectivity index (χ2n) is 4.47. The largest absolute Gasteiger partial charge is 0.370 e. The Labute approximate surface area is 80.1 Å². The highest BCUT2D eigenvalue weighted by atomic mass is 19.1. The smallest absolute Gasteiger partial charge is 0.0906 e. The normalized spacial score (nSPS) is 29.1. The van der Waals surface area contributed by atoms with Crippen LogP contribution in [0.25, 0.3) is 0 Å². The van der Waals surface area contributed by atoms with E-state index in [-0.39, 0.29) is 18.4 Å². The van der Waals surface area contributed by atoms with E-state index in [1.165, 1.54) is 0 Å². The maximum atomic E-state index is 12.0. The standard InChI is InChI=1S/C10H20FNO/c1-9-7-12(6-4-5-11)8-10(2,3)13-9/h9H,4-8H2,1-3H3. The molecule has 0 aliphatic carbocycles. The second-order valence-corrected chi connectivity index (χ2v) is 4.47.